The van der Waals surface area contributed by atoms with E-state index in [1.807, 2.05) is 53.9 Å². The van der Waals surface area contributed by atoms with Crippen LogP contribution in [0.15, 0.2) is 83.2 Å². The monoisotopic (exact) mass is 429 g/mol. The average Bonchev–Trinajstić information content (AvgIpc) is 3.38. The molecule has 0 spiro atoms. The fourth-order valence-corrected chi connectivity index (χ4v) is 4.88. The fourth-order valence-electron chi connectivity index (χ4n) is 2.74. The van der Waals surface area contributed by atoms with E-state index in [0.717, 1.165) is 10.6 Å². The van der Waals surface area contributed by atoms with Crippen LogP contribution in [0.1, 0.15) is 5.56 Å². The topological polar surface area (TPSA) is 64.0 Å². The van der Waals surface area contributed by atoms with Gasteiger partial charge in [-0.15, -0.1) is 11.3 Å². The van der Waals surface area contributed by atoms with Crippen LogP contribution in [-0.2, 0) is 16.6 Å². The predicted octanol–water partition coefficient (Wildman–Crippen LogP) is 4.73. The molecule has 0 aliphatic heterocycles. The first kappa shape index (κ1) is 18.9. The van der Waals surface area contributed by atoms with Crippen molar-refractivity contribution in [3.63, 3.8) is 0 Å². The number of aromatic nitrogens is 2. The Morgan fingerprint density at radius 2 is 1.75 bits per heavy atom. The fraction of sp³-hybridized carbons (Fsp3) is 0.0500. The van der Waals surface area contributed by atoms with Crippen molar-refractivity contribution >= 4 is 33.0 Å². The van der Waals surface area contributed by atoms with Gasteiger partial charge in [0.05, 0.1) is 16.8 Å². The highest BCUT2D eigenvalue weighted by molar-refractivity contribution is 7.89. The number of hydrogen-bond donors (Lipinski definition) is 1. The minimum atomic E-state index is -3.80. The molecule has 0 unspecified atom stereocenters. The van der Waals surface area contributed by atoms with Crippen LogP contribution in [0.2, 0.25) is 5.02 Å². The number of hydrogen-bond acceptors (Lipinski definition) is 4. The third-order valence-corrected chi connectivity index (χ3v) is 6.80. The molecule has 0 saturated carbocycles. The summed E-state index contributed by atoms with van der Waals surface area (Å²) >= 11 is 7.59. The van der Waals surface area contributed by atoms with Crippen LogP contribution < -0.4 is 4.72 Å². The van der Waals surface area contributed by atoms with Crippen LogP contribution in [0.4, 0.5) is 0 Å². The molecule has 8 heteroatoms. The zero-order chi connectivity index (χ0) is 19.6. The maximum atomic E-state index is 13.1. The normalized spacial score (nSPS) is 11.6. The lowest BCUT2D eigenvalue weighted by Gasteiger charge is -2.07. The lowest BCUT2D eigenvalue weighted by Crippen LogP contribution is -2.23. The molecular weight excluding hydrogens is 414 g/mol. The van der Waals surface area contributed by atoms with Gasteiger partial charge in [0.15, 0.2) is 0 Å². The molecule has 142 valence electrons. The second-order valence-electron chi connectivity index (χ2n) is 6.02. The number of rotatable bonds is 6. The summed E-state index contributed by atoms with van der Waals surface area (Å²) in [4.78, 5) is 0.915. The Hall–Kier alpha value is -2.45. The van der Waals surface area contributed by atoms with Crippen molar-refractivity contribution in [2.45, 2.75) is 11.4 Å². The summed E-state index contributed by atoms with van der Waals surface area (Å²) in [5.74, 6) is 0. The average molecular weight is 430 g/mol. The van der Waals surface area contributed by atoms with E-state index in [1.54, 1.807) is 29.1 Å². The zero-order valence-corrected chi connectivity index (χ0v) is 17.0. The van der Waals surface area contributed by atoms with E-state index in [-0.39, 0.29) is 11.4 Å². The molecule has 0 fully saturated rings. The van der Waals surface area contributed by atoms with Gasteiger partial charge in [0.1, 0.15) is 10.6 Å². The van der Waals surface area contributed by atoms with Crippen molar-refractivity contribution in [3.05, 3.63) is 88.9 Å². The van der Waals surface area contributed by atoms with Crippen LogP contribution in [0.3, 0.4) is 0 Å². The van der Waals surface area contributed by atoms with E-state index in [2.05, 4.69) is 9.82 Å². The summed E-state index contributed by atoms with van der Waals surface area (Å²) in [6.45, 7) is 0.0996. The molecule has 5 nitrogen and oxygen atoms in total. The minimum absolute atomic E-state index is 0.0996. The van der Waals surface area contributed by atoms with Crippen molar-refractivity contribution in [1.29, 1.82) is 0 Å². The molecule has 0 aliphatic carbocycles. The summed E-state index contributed by atoms with van der Waals surface area (Å²) in [5, 5.41) is 6.95. The minimum Gasteiger partial charge on any atom is -0.239 e. The standard InChI is InChI=1S/C20H16ClN3O2S2/c21-17-10-5-4-7-15(17)13-22-28(25,26)19-14-24(16-8-2-1-3-9-16)23-20(19)18-11-6-12-27-18/h1-12,14,22H,13H2. The van der Waals surface area contributed by atoms with Crippen LogP contribution >= 0.6 is 22.9 Å². The first-order valence-corrected chi connectivity index (χ1v) is 11.2. The van der Waals surface area contributed by atoms with Gasteiger partial charge in [-0.3, -0.25) is 0 Å². The molecule has 0 saturated heterocycles. The van der Waals surface area contributed by atoms with Crippen LogP contribution in [0.5, 0.6) is 0 Å². The zero-order valence-electron chi connectivity index (χ0n) is 14.6. The summed E-state index contributed by atoms with van der Waals surface area (Å²) < 4.78 is 30.4. The summed E-state index contributed by atoms with van der Waals surface area (Å²) in [6.07, 6.45) is 1.54. The van der Waals surface area contributed by atoms with Crippen molar-refractivity contribution in [3.8, 4) is 16.3 Å². The number of sulfonamides is 1. The molecule has 0 aliphatic rings. The molecule has 0 atom stereocenters. The van der Waals surface area contributed by atoms with Crippen molar-refractivity contribution < 1.29 is 8.42 Å². The van der Waals surface area contributed by atoms with Crippen LogP contribution in [-0.4, -0.2) is 18.2 Å². The van der Waals surface area contributed by atoms with Gasteiger partial charge >= 0.3 is 0 Å². The van der Waals surface area contributed by atoms with E-state index in [9.17, 15) is 8.42 Å². The number of para-hydroxylation sites is 1. The molecule has 2 heterocycles. The van der Waals surface area contributed by atoms with Crippen molar-refractivity contribution in [1.82, 2.24) is 14.5 Å². The first-order valence-electron chi connectivity index (χ1n) is 8.46. The number of benzene rings is 2. The number of thiophene rings is 1. The predicted molar refractivity (Wildman–Crippen MR) is 112 cm³/mol. The first-order chi connectivity index (χ1) is 13.5. The van der Waals surface area contributed by atoms with Gasteiger partial charge < -0.3 is 0 Å². The van der Waals surface area contributed by atoms with Crippen LogP contribution in [0.25, 0.3) is 16.3 Å². The van der Waals surface area contributed by atoms with E-state index < -0.39 is 10.0 Å². The molecule has 28 heavy (non-hydrogen) atoms. The molecule has 4 rings (SSSR count). The second kappa shape index (κ2) is 7.89. The molecular formula is C20H16ClN3O2S2. The van der Waals surface area contributed by atoms with Gasteiger partial charge in [0, 0.05) is 11.6 Å². The third-order valence-electron chi connectivity index (χ3n) is 4.16. The quantitative estimate of drug-likeness (QED) is 0.481. The highest BCUT2D eigenvalue weighted by atomic mass is 35.5. The molecule has 2 aromatic heterocycles. The molecule has 0 radical (unpaired) electrons. The maximum Gasteiger partial charge on any atom is 0.244 e. The summed E-state index contributed by atoms with van der Waals surface area (Å²) in [7, 11) is -3.80. The van der Waals surface area contributed by atoms with Gasteiger partial charge in [-0.25, -0.2) is 17.8 Å². The highest BCUT2D eigenvalue weighted by Gasteiger charge is 2.24. The molecule has 0 amide bonds. The number of nitrogens with one attached hydrogen (secondary N) is 1. The lowest BCUT2D eigenvalue weighted by molar-refractivity contribution is 0.581. The Morgan fingerprint density at radius 3 is 2.46 bits per heavy atom. The van der Waals surface area contributed by atoms with Gasteiger partial charge in [0.2, 0.25) is 10.0 Å². The number of nitrogens with zero attached hydrogens (tertiary/aromatic N) is 2. The Balaban J connectivity index is 1.73. The Kier molecular flexibility index (Phi) is 5.32. The van der Waals surface area contributed by atoms with Gasteiger partial charge in [-0.05, 0) is 35.2 Å². The molecule has 1 N–H and O–H groups in total. The molecule has 4 aromatic rings. The SMILES string of the molecule is O=S(=O)(NCc1ccccc1Cl)c1cn(-c2ccccc2)nc1-c1cccs1. The Morgan fingerprint density at radius 1 is 1.00 bits per heavy atom. The van der Waals surface area contributed by atoms with E-state index in [4.69, 9.17) is 11.6 Å². The largest absolute Gasteiger partial charge is 0.244 e. The summed E-state index contributed by atoms with van der Waals surface area (Å²) in [5.41, 5.74) is 1.92. The molecule has 2 aromatic carbocycles. The lowest BCUT2D eigenvalue weighted by atomic mass is 10.2. The second-order valence-corrected chi connectivity index (χ2v) is 9.11. The number of halogens is 1. The van der Waals surface area contributed by atoms with Gasteiger partial charge in [-0.1, -0.05) is 54.1 Å². The Bertz CT molecular complexity index is 1190. The molecule has 0 bridgehead atoms. The summed E-state index contributed by atoms with van der Waals surface area (Å²) in [6, 6.07) is 20.3. The smallest absolute Gasteiger partial charge is 0.239 e. The third kappa shape index (κ3) is 3.88. The van der Waals surface area contributed by atoms with Gasteiger partial charge in [0.25, 0.3) is 0 Å². The van der Waals surface area contributed by atoms with E-state index >= 15 is 0 Å². The maximum absolute atomic E-state index is 13.1. The van der Waals surface area contributed by atoms with Gasteiger partial charge in [-0.2, -0.15) is 5.10 Å². The van der Waals surface area contributed by atoms with Crippen LogP contribution in [0, 0.1) is 0 Å². The van der Waals surface area contributed by atoms with E-state index in [0.29, 0.717) is 16.3 Å². The van der Waals surface area contributed by atoms with Crippen molar-refractivity contribution in [2.75, 3.05) is 0 Å². The van der Waals surface area contributed by atoms with E-state index in [1.165, 1.54) is 11.3 Å². The highest BCUT2D eigenvalue weighted by Crippen LogP contribution is 2.30. The Labute approximate surface area is 172 Å². The van der Waals surface area contributed by atoms with Crippen molar-refractivity contribution in [2.24, 2.45) is 0 Å².